The van der Waals surface area contributed by atoms with Crippen molar-refractivity contribution in [2.45, 2.75) is 32.1 Å². The largest absolute Gasteiger partial charge is 0.497 e. The maximum Gasteiger partial charge on any atom is 0.390 e. The van der Waals surface area contributed by atoms with Crippen LogP contribution in [0.1, 0.15) is 18.9 Å². The van der Waals surface area contributed by atoms with Gasteiger partial charge >= 0.3 is 6.18 Å². The first-order valence-electron chi connectivity index (χ1n) is 5.44. The molecule has 0 fully saturated rings. The highest BCUT2D eigenvalue weighted by molar-refractivity contribution is 9.10. The molecule has 6 heteroatoms. The van der Waals surface area contributed by atoms with Crippen molar-refractivity contribution in [3.8, 4) is 5.75 Å². The fourth-order valence-corrected chi connectivity index (χ4v) is 1.90. The van der Waals surface area contributed by atoms with Crippen LogP contribution >= 0.6 is 15.9 Å². The van der Waals surface area contributed by atoms with Gasteiger partial charge in [-0.2, -0.15) is 13.2 Å². The Morgan fingerprint density at radius 2 is 2.06 bits per heavy atom. The van der Waals surface area contributed by atoms with E-state index in [2.05, 4.69) is 21.2 Å². The summed E-state index contributed by atoms with van der Waals surface area (Å²) in [4.78, 5) is 0. The van der Waals surface area contributed by atoms with E-state index in [0.29, 0.717) is 12.3 Å². The molecule has 1 unspecified atom stereocenters. The molecule has 0 amide bonds. The van der Waals surface area contributed by atoms with Gasteiger partial charge < -0.3 is 10.1 Å². The van der Waals surface area contributed by atoms with Gasteiger partial charge in [0.25, 0.3) is 0 Å². The first kappa shape index (κ1) is 15.3. The van der Waals surface area contributed by atoms with E-state index in [1.54, 1.807) is 19.2 Å². The third-order valence-corrected chi connectivity index (χ3v) is 3.21. The van der Waals surface area contributed by atoms with Gasteiger partial charge in [0.1, 0.15) is 5.75 Å². The zero-order valence-corrected chi connectivity index (χ0v) is 11.7. The lowest BCUT2D eigenvalue weighted by Gasteiger charge is -2.16. The van der Waals surface area contributed by atoms with Gasteiger partial charge in [0.2, 0.25) is 0 Å². The Bertz CT molecular complexity index is 395. The SMILES string of the molecule is COc1ccc(Br)c(CNC(C)CC(F)(F)F)c1. The number of hydrogen-bond acceptors (Lipinski definition) is 2. The van der Waals surface area contributed by atoms with Gasteiger partial charge in [-0.15, -0.1) is 0 Å². The molecule has 0 spiro atoms. The van der Waals surface area contributed by atoms with Crippen molar-refractivity contribution in [3.63, 3.8) is 0 Å². The Balaban J connectivity index is 2.57. The van der Waals surface area contributed by atoms with E-state index in [4.69, 9.17) is 4.74 Å². The van der Waals surface area contributed by atoms with Crippen LogP contribution in [0.2, 0.25) is 0 Å². The highest BCUT2D eigenvalue weighted by Gasteiger charge is 2.29. The zero-order valence-electron chi connectivity index (χ0n) is 10.1. The molecule has 1 atom stereocenters. The van der Waals surface area contributed by atoms with Crippen molar-refractivity contribution < 1.29 is 17.9 Å². The second kappa shape index (κ2) is 6.43. The second-order valence-corrected chi connectivity index (χ2v) is 4.91. The monoisotopic (exact) mass is 325 g/mol. The molecule has 0 saturated heterocycles. The minimum Gasteiger partial charge on any atom is -0.497 e. The summed E-state index contributed by atoms with van der Waals surface area (Å²) in [5.41, 5.74) is 0.864. The van der Waals surface area contributed by atoms with E-state index in [0.717, 1.165) is 10.0 Å². The number of alkyl halides is 3. The number of nitrogens with one attached hydrogen (secondary N) is 1. The summed E-state index contributed by atoms with van der Waals surface area (Å²) >= 11 is 3.35. The zero-order chi connectivity index (χ0) is 13.8. The van der Waals surface area contributed by atoms with Crippen molar-refractivity contribution in [1.82, 2.24) is 5.32 Å². The maximum absolute atomic E-state index is 12.2. The maximum atomic E-state index is 12.2. The lowest BCUT2D eigenvalue weighted by atomic mass is 10.2. The summed E-state index contributed by atoms with van der Waals surface area (Å²) in [6, 6.07) is 4.76. The van der Waals surface area contributed by atoms with Gasteiger partial charge in [-0.3, -0.25) is 0 Å². The normalized spacial score (nSPS) is 13.4. The van der Waals surface area contributed by atoms with E-state index in [9.17, 15) is 13.2 Å². The molecule has 1 aromatic rings. The number of methoxy groups -OCH3 is 1. The van der Waals surface area contributed by atoms with Gasteiger partial charge in [-0.05, 0) is 30.7 Å². The molecule has 0 aliphatic heterocycles. The molecule has 0 radical (unpaired) electrons. The third-order valence-electron chi connectivity index (χ3n) is 2.43. The Morgan fingerprint density at radius 1 is 1.39 bits per heavy atom. The van der Waals surface area contributed by atoms with Crippen LogP contribution in [0.15, 0.2) is 22.7 Å². The van der Waals surface area contributed by atoms with Crippen LogP contribution in [0.5, 0.6) is 5.75 Å². The van der Waals surface area contributed by atoms with Crippen LogP contribution in [0, 0.1) is 0 Å². The molecule has 0 aliphatic rings. The lowest BCUT2D eigenvalue weighted by Crippen LogP contribution is -2.30. The van der Waals surface area contributed by atoms with E-state index in [-0.39, 0.29) is 0 Å². The van der Waals surface area contributed by atoms with E-state index in [1.165, 1.54) is 6.92 Å². The fraction of sp³-hybridized carbons (Fsp3) is 0.500. The first-order chi connectivity index (χ1) is 8.31. The molecule has 1 aromatic carbocycles. The number of rotatable bonds is 5. The Labute approximate surface area is 113 Å². The summed E-state index contributed by atoms with van der Waals surface area (Å²) in [6.07, 6.45) is -4.98. The van der Waals surface area contributed by atoms with Crippen molar-refractivity contribution in [2.24, 2.45) is 0 Å². The Kier molecular flexibility index (Phi) is 5.47. The van der Waals surface area contributed by atoms with Crippen molar-refractivity contribution in [3.05, 3.63) is 28.2 Å². The van der Waals surface area contributed by atoms with E-state index in [1.807, 2.05) is 6.07 Å². The Morgan fingerprint density at radius 3 is 2.61 bits per heavy atom. The van der Waals surface area contributed by atoms with Crippen LogP contribution in [-0.2, 0) is 6.54 Å². The van der Waals surface area contributed by atoms with Crippen LogP contribution in [0.4, 0.5) is 13.2 Å². The quantitative estimate of drug-likeness (QED) is 0.886. The van der Waals surface area contributed by atoms with Crippen LogP contribution < -0.4 is 10.1 Å². The van der Waals surface area contributed by atoms with E-state index >= 15 is 0 Å². The Hall–Kier alpha value is -0.750. The van der Waals surface area contributed by atoms with Crippen molar-refractivity contribution in [2.75, 3.05) is 7.11 Å². The molecule has 0 heterocycles. The highest BCUT2D eigenvalue weighted by Crippen LogP contribution is 2.24. The predicted molar refractivity (Wildman–Crippen MR) is 67.7 cm³/mol. The van der Waals surface area contributed by atoms with Crippen LogP contribution in [-0.4, -0.2) is 19.3 Å². The van der Waals surface area contributed by atoms with Gasteiger partial charge in [0, 0.05) is 17.1 Å². The third kappa shape index (κ3) is 5.27. The molecule has 0 aromatic heterocycles. The summed E-state index contributed by atoms with van der Waals surface area (Å²) in [5, 5.41) is 2.84. The first-order valence-corrected chi connectivity index (χ1v) is 6.23. The predicted octanol–water partition coefficient (Wildman–Crippen LogP) is 3.89. The topological polar surface area (TPSA) is 21.3 Å². The van der Waals surface area contributed by atoms with Crippen molar-refractivity contribution >= 4 is 15.9 Å². The molecular formula is C12H15BrF3NO. The average molecular weight is 326 g/mol. The lowest BCUT2D eigenvalue weighted by molar-refractivity contribution is -0.139. The van der Waals surface area contributed by atoms with Crippen LogP contribution in [0.3, 0.4) is 0 Å². The summed E-state index contributed by atoms with van der Waals surface area (Å²) < 4.78 is 42.4. The molecular weight excluding hydrogens is 311 g/mol. The van der Waals surface area contributed by atoms with E-state index < -0.39 is 18.6 Å². The highest BCUT2D eigenvalue weighted by atomic mass is 79.9. The fourth-order valence-electron chi connectivity index (χ4n) is 1.52. The number of hydrogen-bond donors (Lipinski definition) is 1. The molecule has 0 saturated carbocycles. The molecule has 18 heavy (non-hydrogen) atoms. The van der Waals surface area contributed by atoms with Gasteiger partial charge in [0.15, 0.2) is 0 Å². The van der Waals surface area contributed by atoms with Crippen molar-refractivity contribution in [1.29, 1.82) is 0 Å². The molecule has 0 aliphatic carbocycles. The summed E-state index contributed by atoms with van der Waals surface area (Å²) in [5.74, 6) is 0.679. The molecule has 2 nitrogen and oxygen atoms in total. The summed E-state index contributed by atoms with van der Waals surface area (Å²) in [6.45, 7) is 1.87. The standard InChI is InChI=1S/C12H15BrF3NO/c1-8(6-12(14,15)16)17-7-9-5-10(18-2)3-4-11(9)13/h3-5,8,17H,6-7H2,1-2H3. The molecule has 1 N–H and O–H groups in total. The average Bonchev–Trinajstić information content (AvgIpc) is 2.25. The summed E-state index contributed by atoms with van der Waals surface area (Å²) in [7, 11) is 1.55. The minimum absolute atomic E-state index is 0.356. The van der Waals surface area contributed by atoms with Gasteiger partial charge in [-0.25, -0.2) is 0 Å². The smallest absolute Gasteiger partial charge is 0.390 e. The number of ether oxygens (including phenoxy) is 1. The van der Waals surface area contributed by atoms with Crippen LogP contribution in [0.25, 0.3) is 0 Å². The van der Waals surface area contributed by atoms with Gasteiger partial charge in [0.05, 0.1) is 13.5 Å². The molecule has 1 rings (SSSR count). The number of benzene rings is 1. The second-order valence-electron chi connectivity index (χ2n) is 4.06. The molecule has 102 valence electrons. The minimum atomic E-state index is -4.14. The number of halogens is 4. The molecule has 0 bridgehead atoms. The van der Waals surface area contributed by atoms with Gasteiger partial charge in [-0.1, -0.05) is 15.9 Å².